The van der Waals surface area contributed by atoms with Crippen molar-refractivity contribution in [3.8, 4) is 0 Å². The van der Waals surface area contributed by atoms with Gasteiger partial charge in [-0.15, -0.1) is 0 Å². The lowest BCUT2D eigenvalue weighted by atomic mass is 10.1. The van der Waals surface area contributed by atoms with Gasteiger partial charge in [0.2, 0.25) is 0 Å². The lowest BCUT2D eigenvalue weighted by molar-refractivity contribution is 0.641. The highest BCUT2D eigenvalue weighted by Gasteiger charge is 2.17. The molecule has 0 radical (unpaired) electrons. The second-order valence-electron chi connectivity index (χ2n) is 4.90. The molecule has 4 rings (SSSR count). The molecule has 0 saturated heterocycles. The number of rotatable bonds is 2. The average molecular weight is 306 g/mol. The van der Waals surface area contributed by atoms with Gasteiger partial charge in [-0.2, -0.15) is 0 Å². The quantitative estimate of drug-likeness (QED) is 0.456. The van der Waals surface area contributed by atoms with Crippen LogP contribution in [0.1, 0.15) is 0 Å². The first-order valence-electron chi connectivity index (χ1n) is 6.79. The molecule has 0 aliphatic rings. The molecule has 0 aliphatic heterocycles. The van der Waals surface area contributed by atoms with Crippen molar-refractivity contribution in [2.24, 2.45) is 0 Å². The molecule has 1 aromatic heterocycles. The Bertz CT molecular complexity index is 918. The van der Waals surface area contributed by atoms with Crippen molar-refractivity contribution < 1.29 is 9.31 Å². The number of hydrogen-bond donors (Lipinski definition) is 1. The predicted octanol–water partition coefficient (Wildman–Crippen LogP) is 2.74. The third kappa shape index (κ3) is 2.33. The monoisotopic (exact) mass is 306 g/mol. The molecule has 4 heteroatoms. The minimum atomic E-state index is -1.40. The van der Waals surface area contributed by atoms with Crippen LogP contribution in [0, 0.1) is 0 Å². The van der Waals surface area contributed by atoms with E-state index in [0.717, 1.165) is 32.5 Å². The van der Waals surface area contributed by atoms with Crippen molar-refractivity contribution in [2.45, 2.75) is 0 Å². The summed E-state index contributed by atoms with van der Waals surface area (Å²) in [4.78, 5) is 10.7. The van der Waals surface area contributed by atoms with Crippen molar-refractivity contribution in [1.82, 2.24) is 0 Å². The van der Waals surface area contributed by atoms with E-state index in [4.69, 9.17) is 4.42 Å². The molecule has 1 N–H and O–H groups in total. The minimum absolute atomic E-state index is 0. The molecule has 2 nitrogen and oxygen atoms in total. The standard InChI is InChI=1S/C18H13O2P.BH3/c19-21(13-7-2-1-3-8-13)17-12-6-10-15-14-9-4-5-11-16(14)20-18(15)17;/h1-12,19H;1H3. The van der Waals surface area contributed by atoms with E-state index in [1.165, 1.54) is 0 Å². The fraction of sp³-hybridized carbons (Fsp3) is 0. The molecule has 0 aliphatic carbocycles. The van der Waals surface area contributed by atoms with Crippen LogP contribution in [0.15, 0.2) is 77.2 Å². The Morgan fingerprint density at radius 3 is 2.23 bits per heavy atom. The fourth-order valence-electron chi connectivity index (χ4n) is 2.61. The van der Waals surface area contributed by atoms with Gasteiger partial charge in [0, 0.05) is 21.4 Å². The molecule has 22 heavy (non-hydrogen) atoms. The van der Waals surface area contributed by atoms with Crippen LogP contribution in [0.2, 0.25) is 0 Å². The Labute approximate surface area is 131 Å². The zero-order chi connectivity index (χ0) is 14.2. The molecule has 0 fully saturated rings. The maximum absolute atomic E-state index is 10.7. The van der Waals surface area contributed by atoms with Crippen molar-refractivity contribution in [3.63, 3.8) is 0 Å². The summed E-state index contributed by atoms with van der Waals surface area (Å²) >= 11 is 0. The SMILES string of the molecule is B.OP(c1ccccc1)c1cccc2c1oc1ccccc12. The fourth-order valence-corrected chi connectivity index (χ4v) is 3.93. The molecular weight excluding hydrogens is 290 g/mol. The highest BCUT2D eigenvalue weighted by atomic mass is 31.1. The molecular formula is C18H16BO2P. The van der Waals surface area contributed by atoms with Crippen LogP contribution in [-0.4, -0.2) is 13.3 Å². The summed E-state index contributed by atoms with van der Waals surface area (Å²) in [5, 5.41) is 3.94. The lowest BCUT2D eigenvalue weighted by Gasteiger charge is -2.11. The summed E-state index contributed by atoms with van der Waals surface area (Å²) in [6.07, 6.45) is 0. The maximum Gasteiger partial charge on any atom is 0.145 e. The predicted molar refractivity (Wildman–Crippen MR) is 98.5 cm³/mol. The van der Waals surface area contributed by atoms with E-state index in [1.807, 2.05) is 72.8 Å². The number of furan rings is 1. The summed E-state index contributed by atoms with van der Waals surface area (Å²) < 4.78 is 5.98. The van der Waals surface area contributed by atoms with Gasteiger partial charge in [-0.1, -0.05) is 60.7 Å². The molecule has 3 aromatic carbocycles. The summed E-state index contributed by atoms with van der Waals surface area (Å²) in [7, 11) is -1.40. The second-order valence-corrected chi connectivity index (χ2v) is 6.52. The third-order valence-corrected chi connectivity index (χ3v) is 5.21. The van der Waals surface area contributed by atoms with Gasteiger partial charge >= 0.3 is 0 Å². The van der Waals surface area contributed by atoms with Gasteiger partial charge < -0.3 is 9.31 Å². The highest BCUT2D eigenvalue weighted by Crippen LogP contribution is 2.35. The van der Waals surface area contributed by atoms with Gasteiger partial charge in [-0.05, 0) is 12.1 Å². The van der Waals surface area contributed by atoms with Crippen molar-refractivity contribution in [1.29, 1.82) is 0 Å². The van der Waals surface area contributed by atoms with E-state index >= 15 is 0 Å². The average Bonchev–Trinajstić information content (AvgIpc) is 2.94. The zero-order valence-electron chi connectivity index (χ0n) is 11.2. The van der Waals surface area contributed by atoms with Crippen molar-refractivity contribution in [2.75, 3.05) is 0 Å². The molecule has 1 unspecified atom stereocenters. The number of hydrogen-bond acceptors (Lipinski definition) is 2. The third-order valence-electron chi connectivity index (χ3n) is 3.61. The molecule has 1 heterocycles. The van der Waals surface area contributed by atoms with Crippen molar-refractivity contribution in [3.05, 3.63) is 72.8 Å². The van der Waals surface area contributed by atoms with E-state index < -0.39 is 8.15 Å². The second kappa shape index (κ2) is 5.96. The largest absolute Gasteiger partial charge is 0.455 e. The first kappa shape index (κ1) is 14.8. The summed E-state index contributed by atoms with van der Waals surface area (Å²) in [6.45, 7) is 0. The number of benzene rings is 3. The number of para-hydroxylation sites is 2. The molecule has 0 amide bonds. The van der Waals surface area contributed by atoms with Crippen molar-refractivity contribution >= 4 is 49.1 Å². The molecule has 108 valence electrons. The van der Waals surface area contributed by atoms with Gasteiger partial charge in [-0.25, -0.2) is 0 Å². The first-order chi connectivity index (χ1) is 10.3. The highest BCUT2D eigenvalue weighted by molar-refractivity contribution is 7.68. The minimum Gasteiger partial charge on any atom is -0.455 e. The van der Waals surface area contributed by atoms with E-state index in [1.54, 1.807) is 0 Å². The molecule has 1 atom stereocenters. The topological polar surface area (TPSA) is 33.4 Å². The van der Waals surface area contributed by atoms with Crippen LogP contribution in [0.3, 0.4) is 0 Å². The first-order valence-corrected chi connectivity index (χ1v) is 8.08. The van der Waals surface area contributed by atoms with E-state index in [2.05, 4.69) is 0 Å². The van der Waals surface area contributed by atoms with E-state index in [-0.39, 0.29) is 8.41 Å². The van der Waals surface area contributed by atoms with Crippen LogP contribution in [-0.2, 0) is 0 Å². The lowest BCUT2D eigenvalue weighted by Crippen LogP contribution is -2.11. The van der Waals surface area contributed by atoms with Gasteiger partial charge in [0.15, 0.2) is 0 Å². The number of fused-ring (bicyclic) bond motifs is 3. The van der Waals surface area contributed by atoms with Crippen LogP contribution in [0.4, 0.5) is 0 Å². The summed E-state index contributed by atoms with van der Waals surface area (Å²) in [5.41, 5.74) is 1.65. The Balaban J connectivity index is 0.00000144. The Kier molecular flexibility index (Phi) is 4.02. The summed E-state index contributed by atoms with van der Waals surface area (Å²) in [6, 6.07) is 23.7. The Morgan fingerprint density at radius 2 is 1.41 bits per heavy atom. The van der Waals surface area contributed by atoms with Crippen LogP contribution in [0.25, 0.3) is 21.9 Å². The van der Waals surface area contributed by atoms with Crippen LogP contribution < -0.4 is 10.6 Å². The Morgan fingerprint density at radius 1 is 0.727 bits per heavy atom. The molecule has 0 saturated carbocycles. The Hall–Kier alpha value is -2.09. The van der Waals surface area contributed by atoms with Crippen LogP contribution >= 0.6 is 8.15 Å². The normalized spacial score (nSPS) is 12.2. The maximum atomic E-state index is 10.7. The molecule has 0 spiro atoms. The summed E-state index contributed by atoms with van der Waals surface area (Å²) in [5.74, 6) is 0. The van der Waals surface area contributed by atoms with Gasteiger partial charge in [-0.3, -0.25) is 0 Å². The zero-order valence-corrected chi connectivity index (χ0v) is 12.1. The molecule has 0 bridgehead atoms. The van der Waals surface area contributed by atoms with Gasteiger partial charge in [0.05, 0.1) is 16.6 Å². The molecule has 4 aromatic rings. The van der Waals surface area contributed by atoms with Gasteiger partial charge in [0.1, 0.15) is 11.2 Å². The van der Waals surface area contributed by atoms with Crippen LogP contribution in [0.5, 0.6) is 0 Å². The smallest absolute Gasteiger partial charge is 0.145 e. The van der Waals surface area contributed by atoms with Gasteiger partial charge in [0.25, 0.3) is 0 Å². The van der Waals surface area contributed by atoms with E-state index in [9.17, 15) is 4.89 Å². The van der Waals surface area contributed by atoms with E-state index in [0.29, 0.717) is 0 Å².